The molecule has 182 valence electrons. The molecule has 14 nitrogen and oxygen atoms in total. The summed E-state index contributed by atoms with van der Waals surface area (Å²) in [7, 11) is 0. The number of carboxylic acids is 2. The normalized spacial score (nSPS) is 15.6. The second kappa shape index (κ2) is 13.2. The summed E-state index contributed by atoms with van der Waals surface area (Å²) in [5, 5.41) is 34.5. The average molecular weight is 461 g/mol. The molecule has 0 saturated carbocycles. The Labute approximate surface area is 184 Å². The molecule has 0 spiro atoms. The van der Waals surface area contributed by atoms with Crippen molar-refractivity contribution >= 4 is 35.6 Å². The van der Waals surface area contributed by atoms with Gasteiger partial charge in [0.05, 0.1) is 18.6 Å². The molecule has 0 aromatic rings. The first-order chi connectivity index (χ1) is 14.7. The van der Waals surface area contributed by atoms with E-state index in [1.165, 1.54) is 6.92 Å². The predicted octanol–water partition coefficient (Wildman–Crippen LogP) is -3.37. The topological polar surface area (TPSA) is 251 Å². The number of carbonyl (C=O) groups is 6. The summed E-state index contributed by atoms with van der Waals surface area (Å²) in [6.07, 6.45) is -2.70. The third-order valence-corrected chi connectivity index (χ3v) is 4.33. The SMILES string of the molecule is CC(C)C(NC(=O)C(NC(=O)C(N)CC(=O)O)C(C)O)C(=O)NC(CCC(N)=O)C(=O)O. The lowest BCUT2D eigenvalue weighted by atomic mass is 10.0. The zero-order valence-electron chi connectivity index (χ0n) is 18.0. The van der Waals surface area contributed by atoms with Crippen molar-refractivity contribution in [2.45, 2.75) is 70.3 Å². The van der Waals surface area contributed by atoms with Crippen LogP contribution in [0.1, 0.15) is 40.0 Å². The van der Waals surface area contributed by atoms with Gasteiger partial charge in [0.2, 0.25) is 23.6 Å². The molecule has 10 N–H and O–H groups in total. The number of hydrogen-bond donors (Lipinski definition) is 8. The number of primary amides is 1. The summed E-state index contributed by atoms with van der Waals surface area (Å²) in [4.78, 5) is 70.1. The minimum absolute atomic E-state index is 0.261. The molecule has 0 fully saturated rings. The Bertz CT molecular complexity index is 726. The van der Waals surface area contributed by atoms with E-state index >= 15 is 0 Å². The third-order valence-electron chi connectivity index (χ3n) is 4.33. The summed E-state index contributed by atoms with van der Waals surface area (Å²) in [5.74, 6) is -6.89. The smallest absolute Gasteiger partial charge is 0.326 e. The number of aliphatic hydroxyl groups is 1. The average Bonchev–Trinajstić information content (AvgIpc) is 2.65. The van der Waals surface area contributed by atoms with E-state index in [9.17, 15) is 39.0 Å². The van der Waals surface area contributed by atoms with E-state index < -0.39 is 78.2 Å². The van der Waals surface area contributed by atoms with Gasteiger partial charge in [0.15, 0.2) is 0 Å². The van der Waals surface area contributed by atoms with Crippen molar-refractivity contribution in [2.75, 3.05) is 0 Å². The maximum Gasteiger partial charge on any atom is 0.326 e. The largest absolute Gasteiger partial charge is 0.481 e. The summed E-state index contributed by atoms with van der Waals surface area (Å²) in [6, 6.07) is -5.74. The van der Waals surface area contributed by atoms with Crippen molar-refractivity contribution in [1.29, 1.82) is 0 Å². The van der Waals surface area contributed by atoms with Crippen LogP contribution in [0.15, 0.2) is 0 Å². The lowest BCUT2D eigenvalue weighted by Crippen LogP contribution is -2.60. The number of nitrogens with two attached hydrogens (primary N) is 2. The zero-order chi connectivity index (χ0) is 25.2. The Morgan fingerprint density at radius 2 is 1.34 bits per heavy atom. The monoisotopic (exact) mass is 461 g/mol. The Morgan fingerprint density at radius 3 is 1.75 bits per heavy atom. The Hall–Kier alpha value is -3.26. The summed E-state index contributed by atoms with van der Waals surface area (Å²) >= 11 is 0. The van der Waals surface area contributed by atoms with Gasteiger partial charge in [-0.15, -0.1) is 0 Å². The summed E-state index contributed by atoms with van der Waals surface area (Å²) < 4.78 is 0. The van der Waals surface area contributed by atoms with Crippen molar-refractivity contribution in [2.24, 2.45) is 17.4 Å². The molecule has 0 rings (SSSR count). The quantitative estimate of drug-likeness (QED) is 0.127. The van der Waals surface area contributed by atoms with Crippen LogP contribution < -0.4 is 27.4 Å². The second-order valence-corrected chi connectivity index (χ2v) is 7.57. The molecule has 0 aliphatic carbocycles. The van der Waals surface area contributed by atoms with E-state index in [0.29, 0.717) is 0 Å². The number of rotatable bonds is 14. The van der Waals surface area contributed by atoms with Crippen LogP contribution >= 0.6 is 0 Å². The minimum Gasteiger partial charge on any atom is -0.481 e. The van der Waals surface area contributed by atoms with E-state index in [1.54, 1.807) is 13.8 Å². The first kappa shape index (κ1) is 28.7. The Kier molecular flexibility index (Phi) is 11.9. The van der Waals surface area contributed by atoms with Crippen molar-refractivity contribution in [1.82, 2.24) is 16.0 Å². The molecular weight excluding hydrogens is 430 g/mol. The van der Waals surface area contributed by atoms with E-state index in [-0.39, 0.29) is 12.8 Å². The molecule has 0 aliphatic rings. The number of aliphatic carboxylic acids is 2. The molecule has 0 aromatic carbocycles. The number of carboxylic acid groups (broad SMARTS) is 2. The number of amides is 4. The predicted molar refractivity (Wildman–Crippen MR) is 109 cm³/mol. The summed E-state index contributed by atoms with van der Waals surface area (Å²) in [6.45, 7) is 4.30. The van der Waals surface area contributed by atoms with Crippen LogP contribution in [-0.4, -0.2) is 81.2 Å². The highest BCUT2D eigenvalue weighted by Crippen LogP contribution is 2.07. The van der Waals surface area contributed by atoms with Crippen molar-refractivity contribution < 1.29 is 44.1 Å². The lowest BCUT2D eigenvalue weighted by Gasteiger charge is -2.28. The Balaban J connectivity index is 5.36. The molecule has 0 aromatic heterocycles. The van der Waals surface area contributed by atoms with Gasteiger partial charge in [-0.25, -0.2) is 4.79 Å². The second-order valence-electron chi connectivity index (χ2n) is 7.57. The van der Waals surface area contributed by atoms with Crippen LogP contribution in [0, 0.1) is 5.92 Å². The molecule has 32 heavy (non-hydrogen) atoms. The van der Waals surface area contributed by atoms with E-state index in [0.717, 1.165) is 0 Å². The number of hydrogen-bond acceptors (Lipinski definition) is 8. The zero-order valence-corrected chi connectivity index (χ0v) is 18.0. The molecule has 0 bridgehead atoms. The number of aliphatic hydroxyl groups excluding tert-OH is 1. The van der Waals surface area contributed by atoms with Crippen molar-refractivity contribution in [3.05, 3.63) is 0 Å². The number of nitrogens with one attached hydrogen (secondary N) is 3. The van der Waals surface area contributed by atoms with Gasteiger partial charge in [-0.1, -0.05) is 13.8 Å². The highest BCUT2D eigenvalue weighted by molar-refractivity contribution is 5.95. The van der Waals surface area contributed by atoms with Crippen molar-refractivity contribution in [3.63, 3.8) is 0 Å². The van der Waals surface area contributed by atoms with Crippen LogP contribution in [0.25, 0.3) is 0 Å². The molecule has 5 unspecified atom stereocenters. The fourth-order valence-electron chi connectivity index (χ4n) is 2.53. The molecule has 5 atom stereocenters. The molecule has 0 aliphatic heterocycles. The maximum atomic E-state index is 12.6. The van der Waals surface area contributed by atoms with Gasteiger partial charge in [-0.05, 0) is 19.3 Å². The van der Waals surface area contributed by atoms with E-state index in [1.807, 2.05) is 0 Å². The third kappa shape index (κ3) is 10.2. The van der Waals surface area contributed by atoms with Crippen LogP contribution in [-0.2, 0) is 28.8 Å². The van der Waals surface area contributed by atoms with Gasteiger partial charge in [0, 0.05) is 6.42 Å². The molecule has 0 radical (unpaired) electrons. The fraction of sp³-hybridized carbons (Fsp3) is 0.667. The molecule has 0 heterocycles. The van der Waals surface area contributed by atoms with Crippen LogP contribution in [0.4, 0.5) is 0 Å². The highest BCUT2D eigenvalue weighted by atomic mass is 16.4. The van der Waals surface area contributed by atoms with Gasteiger partial charge in [0.1, 0.15) is 18.1 Å². The van der Waals surface area contributed by atoms with Crippen molar-refractivity contribution in [3.8, 4) is 0 Å². The van der Waals surface area contributed by atoms with Crippen LogP contribution in [0.5, 0.6) is 0 Å². The first-order valence-corrected chi connectivity index (χ1v) is 9.75. The van der Waals surface area contributed by atoms with E-state index in [2.05, 4.69) is 16.0 Å². The van der Waals surface area contributed by atoms with Gasteiger partial charge in [-0.3, -0.25) is 24.0 Å². The fourth-order valence-corrected chi connectivity index (χ4v) is 2.53. The molecule has 14 heteroatoms. The highest BCUT2D eigenvalue weighted by Gasteiger charge is 2.33. The minimum atomic E-state index is -1.57. The Morgan fingerprint density at radius 1 is 0.844 bits per heavy atom. The van der Waals surface area contributed by atoms with Crippen LogP contribution in [0.3, 0.4) is 0 Å². The molecular formula is C18H31N5O9. The van der Waals surface area contributed by atoms with E-state index in [4.69, 9.17) is 16.6 Å². The number of carbonyl (C=O) groups excluding carboxylic acids is 4. The summed E-state index contributed by atoms with van der Waals surface area (Å²) in [5.41, 5.74) is 10.4. The van der Waals surface area contributed by atoms with Gasteiger partial charge >= 0.3 is 11.9 Å². The van der Waals surface area contributed by atoms with Gasteiger partial charge in [-0.2, -0.15) is 0 Å². The van der Waals surface area contributed by atoms with Crippen LogP contribution in [0.2, 0.25) is 0 Å². The standard InChI is InChI=1S/C18H31N5O9/c1-7(2)13(16(29)21-10(18(31)32)4-5-11(20)25)22-17(30)14(8(3)24)23-15(28)9(19)6-12(26)27/h7-10,13-14,24H,4-6,19H2,1-3H3,(H2,20,25)(H,21,29)(H,22,30)(H,23,28)(H,26,27)(H,31,32). The molecule has 0 saturated heterocycles. The maximum absolute atomic E-state index is 12.6. The first-order valence-electron chi connectivity index (χ1n) is 9.75. The van der Waals surface area contributed by atoms with Gasteiger partial charge < -0.3 is 42.7 Å². The van der Waals surface area contributed by atoms with Gasteiger partial charge in [0.25, 0.3) is 0 Å². The molecule has 4 amide bonds. The lowest BCUT2D eigenvalue weighted by molar-refractivity contribution is -0.143.